The average Bonchev–Trinajstić information content (AvgIpc) is 3.34. The number of nitrogens with zero attached hydrogens (tertiary/aromatic N) is 4. The molecule has 0 aliphatic heterocycles. The number of imidazole rings is 1. The lowest BCUT2D eigenvalue weighted by Gasteiger charge is -2.15. The molecule has 0 saturated carbocycles. The molecule has 2 heterocycles. The molecule has 1 aliphatic rings. The molecule has 0 atom stereocenters. The quantitative estimate of drug-likeness (QED) is 0.424. The number of amides is 1. The minimum absolute atomic E-state index is 0.168. The predicted octanol–water partition coefficient (Wildman–Crippen LogP) is 4.28. The lowest BCUT2D eigenvalue weighted by atomic mass is 10.0. The number of nitrogens with one attached hydrogen (secondary N) is 1. The number of benzene rings is 2. The summed E-state index contributed by atoms with van der Waals surface area (Å²) in [6.07, 6.45) is 4.25. The molecule has 0 bridgehead atoms. The van der Waals surface area contributed by atoms with Crippen molar-refractivity contribution in [1.29, 1.82) is 0 Å². The molecule has 2 aromatic carbocycles. The fourth-order valence-corrected chi connectivity index (χ4v) is 5.33. The molecule has 0 saturated heterocycles. The SMILES string of the molecule is Cc1c(NC(=O)CSc2nc3c(n2-c2ccccc2)CCCC3)c(=O)n(-c2ccccc2)n1C. The topological polar surface area (TPSA) is 73.8 Å². The Morgan fingerprint density at radius 1 is 1.00 bits per heavy atom. The predicted molar refractivity (Wildman–Crippen MR) is 135 cm³/mol. The van der Waals surface area contributed by atoms with Crippen LogP contribution in [0.4, 0.5) is 5.69 Å². The highest BCUT2D eigenvalue weighted by Gasteiger charge is 2.23. The van der Waals surface area contributed by atoms with Gasteiger partial charge in [-0.25, -0.2) is 9.67 Å². The van der Waals surface area contributed by atoms with Crippen molar-refractivity contribution in [2.75, 3.05) is 11.1 Å². The van der Waals surface area contributed by atoms with Gasteiger partial charge in [0.1, 0.15) is 5.69 Å². The van der Waals surface area contributed by atoms with Gasteiger partial charge in [0.2, 0.25) is 5.91 Å². The molecule has 1 N–H and O–H groups in total. The van der Waals surface area contributed by atoms with Crippen LogP contribution < -0.4 is 10.9 Å². The standard InChI is InChI=1S/C26H27N5O2S/c1-18-24(25(33)31(29(18)2)20-13-7-4-8-14-20)28-23(32)17-34-26-27-21-15-9-10-16-22(21)30(26)19-11-5-3-6-12-19/h3-8,11-14H,9-10,15-17H2,1-2H3,(H,28,32). The molecule has 4 aromatic rings. The summed E-state index contributed by atoms with van der Waals surface area (Å²) in [5.41, 5.74) is 4.95. The first-order valence-corrected chi connectivity index (χ1v) is 12.5. The summed E-state index contributed by atoms with van der Waals surface area (Å²) < 4.78 is 5.51. The van der Waals surface area contributed by atoms with Crippen molar-refractivity contribution >= 4 is 23.4 Å². The van der Waals surface area contributed by atoms with Gasteiger partial charge in [-0.1, -0.05) is 48.2 Å². The maximum Gasteiger partial charge on any atom is 0.295 e. The maximum absolute atomic E-state index is 13.1. The third kappa shape index (κ3) is 4.09. The lowest BCUT2D eigenvalue weighted by molar-refractivity contribution is -0.113. The van der Waals surface area contributed by atoms with E-state index in [1.54, 1.807) is 9.36 Å². The molecule has 0 spiro atoms. The fourth-order valence-electron chi connectivity index (χ4n) is 4.47. The smallest absolute Gasteiger partial charge is 0.295 e. The van der Waals surface area contributed by atoms with Gasteiger partial charge in [-0.2, -0.15) is 0 Å². The van der Waals surface area contributed by atoms with Crippen LogP contribution in [0.5, 0.6) is 0 Å². The third-order valence-electron chi connectivity index (χ3n) is 6.27. The van der Waals surface area contributed by atoms with E-state index in [9.17, 15) is 9.59 Å². The monoisotopic (exact) mass is 473 g/mol. The van der Waals surface area contributed by atoms with Crippen molar-refractivity contribution in [3.05, 3.63) is 88.1 Å². The van der Waals surface area contributed by atoms with E-state index >= 15 is 0 Å². The van der Waals surface area contributed by atoms with Crippen molar-refractivity contribution in [3.63, 3.8) is 0 Å². The molecule has 2 aromatic heterocycles. The highest BCUT2D eigenvalue weighted by atomic mass is 32.2. The molecule has 7 nitrogen and oxygen atoms in total. The highest BCUT2D eigenvalue weighted by molar-refractivity contribution is 7.99. The summed E-state index contributed by atoms with van der Waals surface area (Å²) in [5, 5.41) is 3.67. The van der Waals surface area contributed by atoms with Crippen LogP contribution >= 0.6 is 11.8 Å². The van der Waals surface area contributed by atoms with Crippen molar-refractivity contribution in [1.82, 2.24) is 18.9 Å². The second-order valence-corrected chi connectivity index (χ2v) is 9.38. The number of thioether (sulfide) groups is 1. The Morgan fingerprint density at radius 2 is 1.65 bits per heavy atom. The number of rotatable bonds is 6. The Labute approximate surface area is 202 Å². The van der Waals surface area contributed by atoms with Gasteiger partial charge in [0.25, 0.3) is 5.56 Å². The Kier molecular flexibility index (Phi) is 6.15. The Hall–Kier alpha value is -3.52. The van der Waals surface area contributed by atoms with Crippen LogP contribution in [0.25, 0.3) is 11.4 Å². The van der Waals surface area contributed by atoms with Crippen LogP contribution in [-0.2, 0) is 24.7 Å². The molecule has 0 fully saturated rings. The summed E-state index contributed by atoms with van der Waals surface area (Å²) in [6.45, 7) is 1.83. The number of para-hydroxylation sites is 2. The number of hydrogen-bond acceptors (Lipinski definition) is 4. The normalized spacial score (nSPS) is 13.0. The number of aromatic nitrogens is 4. The number of carbonyl (C=O) groups is 1. The van der Waals surface area contributed by atoms with E-state index in [0.29, 0.717) is 11.4 Å². The van der Waals surface area contributed by atoms with Crippen LogP contribution in [0, 0.1) is 6.92 Å². The third-order valence-corrected chi connectivity index (χ3v) is 7.21. The first kappa shape index (κ1) is 22.3. The van der Waals surface area contributed by atoms with Crippen molar-refractivity contribution in [2.45, 2.75) is 37.8 Å². The number of anilines is 1. The lowest BCUT2D eigenvalue weighted by Crippen LogP contribution is -2.23. The second kappa shape index (κ2) is 9.38. The molecule has 1 aliphatic carbocycles. The van der Waals surface area contributed by atoms with Gasteiger partial charge < -0.3 is 5.32 Å². The van der Waals surface area contributed by atoms with Gasteiger partial charge in [0.05, 0.1) is 22.8 Å². The summed E-state index contributed by atoms with van der Waals surface area (Å²) >= 11 is 1.41. The Balaban J connectivity index is 1.38. The van der Waals surface area contributed by atoms with Gasteiger partial charge >= 0.3 is 0 Å². The number of carbonyl (C=O) groups excluding carboxylic acids is 1. The number of aryl methyl sites for hydroxylation is 1. The zero-order valence-corrected chi connectivity index (χ0v) is 20.1. The minimum Gasteiger partial charge on any atom is -0.319 e. The first-order valence-electron chi connectivity index (χ1n) is 11.5. The van der Waals surface area contributed by atoms with Gasteiger partial charge in [-0.05, 0) is 56.9 Å². The summed E-state index contributed by atoms with van der Waals surface area (Å²) in [5.74, 6) is -0.0569. The summed E-state index contributed by atoms with van der Waals surface area (Å²) in [4.78, 5) is 30.9. The van der Waals surface area contributed by atoms with E-state index in [1.807, 2.05) is 62.5 Å². The molecular formula is C26H27N5O2S. The van der Waals surface area contributed by atoms with Crippen molar-refractivity contribution in [2.24, 2.45) is 7.05 Å². The van der Waals surface area contributed by atoms with E-state index in [2.05, 4.69) is 22.0 Å². The van der Waals surface area contributed by atoms with Gasteiger partial charge in [0.15, 0.2) is 5.16 Å². The number of hydrogen-bond donors (Lipinski definition) is 1. The molecular weight excluding hydrogens is 446 g/mol. The first-order chi connectivity index (χ1) is 16.5. The van der Waals surface area contributed by atoms with Crippen LogP contribution in [-0.4, -0.2) is 30.6 Å². The molecule has 34 heavy (non-hydrogen) atoms. The molecule has 1 amide bonds. The van der Waals surface area contributed by atoms with Gasteiger partial charge in [0, 0.05) is 18.4 Å². The van der Waals surface area contributed by atoms with E-state index in [0.717, 1.165) is 47.9 Å². The number of fused-ring (bicyclic) bond motifs is 1. The van der Waals surface area contributed by atoms with Crippen LogP contribution in [0.1, 0.15) is 29.9 Å². The molecule has 0 radical (unpaired) electrons. The fraction of sp³-hybridized carbons (Fsp3) is 0.269. The van der Waals surface area contributed by atoms with Crippen LogP contribution in [0.3, 0.4) is 0 Å². The van der Waals surface area contributed by atoms with Crippen molar-refractivity contribution in [3.8, 4) is 11.4 Å². The molecule has 0 unspecified atom stereocenters. The molecule has 8 heteroatoms. The average molecular weight is 474 g/mol. The van der Waals surface area contributed by atoms with Crippen LogP contribution in [0.2, 0.25) is 0 Å². The largest absolute Gasteiger partial charge is 0.319 e. The minimum atomic E-state index is -0.245. The van der Waals surface area contributed by atoms with Gasteiger partial charge in [-0.3, -0.25) is 18.8 Å². The molecule has 174 valence electrons. The summed E-state index contributed by atoms with van der Waals surface area (Å²) in [6, 6.07) is 19.6. The van der Waals surface area contributed by atoms with Crippen molar-refractivity contribution < 1.29 is 4.79 Å². The Morgan fingerprint density at radius 3 is 2.35 bits per heavy atom. The second-order valence-electron chi connectivity index (χ2n) is 8.44. The van der Waals surface area contributed by atoms with E-state index in [1.165, 1.54) is 17.5 Å². The van der Waals surface area contributed by atoms with E-state index in [-0.39, 0.29) is 17.2 Å². The zero-order chi connectivity index (χ0) is 23.7. The van der Waals surface area contributed by atoms with Crippen LogP contribution in [0.15, 0.2) is 70.6 Å². The van der Waals surface area contributed by atoms with E-state index < -0.39 is 0 Å². The zero-order valence-electron chi connectivity index (χ0n) is 19.3. The van der Waals surface area contributed by atoms with E-state index in [4.69, 9.17) is 4.98 Å². The van der Waals surface area contributed by atoms with Gasteiger partial charge in [-0.15, -0.1) is 0 Å². The highest BCUT2D eigenvalue weighted by Crippen LogP contribution is 2.30. The summed E-state index contributed by atoms with van der Waals surface area (Å²) in [7, 11) is 1.81. The Bertz CT molecular complexity index is 1390. The maximum atomic E-state index is 13.1. The molecule has 5 rings (SSSR count).